The molecule has 0 fully saturated rings. The average Bonchev–Trinajstić information content (AvgIpc) is 3.05. The molecule has 0 heterocycles. The molecule has 0 bridgehead atoms. The van der Waals surface area contributed by atoms with E-state index in [0.717, 1.165) is 18.2 Å². The van der Waals surface area contributed by atoms with Gasteiger partial charge >= 0.3 is 7.32 Å². The fourth-order valence-electron chi connectivity index (χ4n) is 3.24. The topological polar surface area (TPSA) is 269 Å². The van der Waals surface area contributed by atoms with Crippen molar-refractivity contribution < 1.29 is 29.1 Å². The third-order valence-electron chi connectivity index (χ3n) is 5.18. The maximum Gasteiger partial charge on any atom is 0.754 e. The molecule has 0 radical (unpaired) electrons. The fourth-order valence-corrected chi connectivity index (χ4v) is 3.24. The van der Waals surface area contributed by atoms with Crippen LogP contribution < -0.4 is 14.7 Å². The molecule has 0 aromatic heterocycles. The standard InChI is InChI=1S/C27H6BN9O6/c29-7-16-1-4-25(22(13-35)19(16)10-32)38-41-28(42-39-26-5-2-17(8-30)20(11-33)23(26)14-36)43-40-27-6-3-18(9-31)21(12-34)24(27)15-37/h1-6H. The predicted molar refractivity (Wildman–Crippen MR) is 133 cm³/mol. The summed E-state index contributed by atoms with van der Waals surface area (Å²) < 4.78 is 0. The quantitative estimate of drug-likeness (QED) is 0.206. The van der Waals surface area contributed by atoms with Crippen LogP contribution >= 0.6 is 0 Å². The van der Waals surface area contributed by atoms with Gasteiger partial charge in [0.2, 0.25) is 0 Å². The van der Waals surface area contributed by atoms with Gasteiger partial charge in [-0.1, -0.05) is 0 Å². The van der Waals surface area contributed by atoms with Gasteiger partial charge in [-0.3, -0.25) is 0 Å². The van der Waals surface area contributed by atoms with Gasteiger partial charge in [-0.25, -0.2) is 0 Å². The van der Waals surface area contributed by atoms with Gasteiger partial charge in [0.1, 0.15) is 71.3 Å². The Labute approximate surface area is 242 Å². The van der Waals surface area contributed by atoms with E-state index < -0.39 is 24.0 Å². The van der Waals surface area contributed by atoms with E-state index in [9.17, 15) is 47.4 Å². The molecule has 0 spiro atoms. The SMILES string of the molecule is N#Cc1ccc(OOB(OOc2ccc(C#N)c(C#N)c2C#N)OOc2ccc(C#N)c(C#N)c2C#N)c(C#N)c1C#N. The molecule has 0 aliphatic rings. The minimum atomic E-state index is -2.20. The largest absolute Gasteiger partial charge is 0.754 e. The lowest BCUT2D eigenvalue weighted by atomic mass is 10.0. The van der Waals surface area contributed by atoms with Crippen molar-refractivity contribution in [2.75, 3.05) is 0 Å². The predicted octanol–water partition coefficient (Wildman–Crippen LogP) is 2.85. The Hall–Kier alpha value is -7.59. The molecule has 15 nitrogen and oxygen atoms in total. The first-order valence-corrected chi connectivity index (χ1v) is 11.1. The molecule has 3 aromatic rings. The normalized spacial score (nSPS) is 9.00. The summed E-state index contributed by atoms with van der Waals surface area (Å²) in [5, 5.41) is 84.2. The van der Waals surface area contributed by atoms with E-state index >= 15 is 0 Å². The Balaban J connectivity index is 1.96. The lowest BCUT2D eigenvalue weighted by Crippen LogP contribution is -2.32. The van der Waals surface area contributed by atoms with Crippen molar-refractivity contribution >= 4 is 7.32 Å². The second-order valence-electron chi connectivity index (χ2n) is 7.42. The van der Waals surface area contributed by atoms with E-state index in [1.54, 1.807) is 54.6 Å². The monoisotopic (exact) mass is 563 g/mol. The molecule has 0 saturated heterocycles. The van der Waals surface area contributed by atoms with Crippen LogP contribution in [0.1, 0.15) is 50.1 Å². The van der Waals surface area contributed by atoms with Gasteiger partial charge in [-0.05, 0) is 36.4 Å². The molecule has 198 valence electrons. The number of rotatable bonds is 9. The van der Waals surface area contributed by atoms with E-state index in [1.165, 1.54) is 18.2 Å². The fraction of sp³-hybridized carbons (Fsp3) is 0. The average molecular weight is 563 g/mol. The summed E-state index contributed by atoms with van der Waals surface area (Å²) in [6.07, 6.45) is 0. The van der Waals surface area contributed by atoms with Gasteiger partial charge in [-0.15, -0.1) is 0 Å². The highest BCUT2D eigenvalue weighted by Gasteiger charge is 2.32. The van der Waals surface area contributed by atoms with Gasteiger partial charge in [0.25, 0.3) is 0 Å². The molecule has 0 aliphatic heterocycles. The van der Waals surface area contributed by atoms with Crippen LogP contribution in [0.3, 0.4) is 0 Å². The summed E-state index contributed by atoms with van der Waals surface area (Å²) in [5.74, 6) is -1.12. The lowest BCUT2D eigenvalue weighted by molar-refractivity contribution is -0.263. The highest BCUT2D eigenvalue weighted by molar-refractivity contribution is 6.35. The second kappa shape index (κ2) is 14.0. The van der Waals surface area contributed by atoms with Gasteiger partial charge in [-0.2, -0.15) is 61.8 Å². The highest BCUT2D eigenvalue weighted by Crippen LogP contribution is 2.28. The van der Waals surface area contributed by atoms with Gasteiger partial charge in [0, 0.05) is 0 Å². The molecule has 16 heteroatoms. The minimum Gasteiger partial charge on any atom is -0.346 e. The first kappa shape index (κ1) is 30.0. The maximum atomic E-state index is 9.50. The molecular weight excluding hydrogens is 557 g/mol. The van der Waals surface area contributed by atoms with Crippen molar-refractivity contribution in [3.63, 3.8) is 0 Å². The molecule has 0 saturated carbocycles. The molecule has 3 rings (SSSR count). The van der Waals surface area contributed by atoms with Crippen LogP contribution in [0.15, 0.2) is 36.4 Å². The summed E-state index contributed by atoms with van der Waals surface area (Å²) in [6.45, 7) is 0. The van der Waals surface area contributed by atoms with Crippen LogP contribution in [0.4, 0.5) is 0 Å². The smallest absolute Gasteiger partial charge is 0.346 e. The minimum absolute atomic E-state index is 0.126. The van der Waals surface area contributed by atoms with Crippen LogP contribution in [-0.4, -0.2) is 7.32 Å². The third-order valence-corrected chi connectivity index (χ3v) is 5.18. The second-order valence-corrected chi connectivity index (χ2v) is 7.42. The van der Waals surface area contributed by atoms with Crippen molar-refractivity contribution in [2.24, 2.45) is 0 Å². The number of hydrogen-bond acceptors (Lipinski definition) is 15. The zero-order valence-electron chi connectivity index (χ0n) is 21.0. The summed E-state index contributed by atoms with van der Waals surface area (Å²) in [5.41, 5.74) is -2.52. The van der Waals surface area contributed by atoms with E-state index in [-0.39, 0.29) is 50.6 Å². The van der Waals surface area contributed by atoms with Crippen LogP contribution in [0.5, 0.6) is 17.2 Å². The summed E-state index contributed by atoms with van der Waals surface area (Å²) in [4.78, 5) is 30.2. The molecule has 0 atom stereocenters. The van der Waals surface area contributed by atoms with E-state index in [4.69, 9.17) is 29.1 Å². The van der Waals surface area contributed by atoms with Crippen molar-refractivity contribution in [3.05, 3.63) is 86.5 Å². The molecule has 0 aliphatic carbocycles. The highest BCUT2D eigenvalue weighted by atomic mass is 17.3. The number of nitrogens with zero attached hydrogens (tertiary/aromatic N) is 9. The van der Waals surface area contributed by atoms with Gasteiger partial charge in [0.05, 0.1) is 33.4 Å². The van der Waals surface area contributed by atoms with Crippen molar-refractivity contribution in [1.82, 2.24) is 0 Å². The van der Waals surface area contributed by atoms with Crippen molar-refractivity contribution in [2.45, 2.75) is 0 Å². The van der Waals surface area contributed by atoms with E-state index in [0.29, 0.717) is 0 Å². The summed E-state index contributed by atoms with van der Waals surface area (Å²) in [7, 11) is -2.20. The van der Waals surface area contributed by atoms with Crippen LogP contribution in [-0.2, 0) is 14.4 Å². The zero-order valence-corrected chi connectivity index (χ0v) is 21.0. The van der Waals surface area contributed by atoms with Crippen LogP contribution in [0.25, 0.3) is 0 Å². The Morgan fingerprint density at radius 3 is 0.814 bits per heavy atom. The first-order chi connectivity index (χ1) is 20.9. The summed E-state index contributed by atoms with van der Waals surface area (Å²) >= 11 is 0. The first-order valence-electron chi connectivity index (χ1n) is 11.1. The van der Waals surface area contributed by atoms with E-state index in [1.807, 2.05) is 0 Å². The number of nitriles is 9. The molecule has 0 N–H and O–H groups in total. The molecule has 0 unspecified atom stereocenters. The Morgan fingerprint density at radius 2 is 0.605 bits per heavy atom. The van der Waals surface area contributed by atoms with Crippen LogP contribution in [0.2, 0.25) is 0 Å². The Morgan fingerprint density at radius 1 is 0.349 bits per heavy atom. The molecule has 0 amide bonds. The molecule has 43 heavy (non-hydrogen) atoms. The maximum absolute atomic E-state index is 9.50. The number of benzene rings is 3. The lowest BCUT2D eigenvalue weighted by Gasteiger charge is -2.15. The summed E-state index contributed by atoms with van der Waals surface area (Å²) in [6, 6.07) is 22.3. The Kier molecular flexibility index (Phi) is 9.75. The van der Waals surface area contributed by atoms with Crippen LogP contribution in [0, 0.1) is 102 Å². The Bertz CT molecular complexity index is 1790. The van der Waals surface area contributed by atoms with Crippen molar-refractivity contribution in [3.8, 4) is 71.9 Å². The zero-order chi connectivity index (χ0) is 31.4. The molecule has 3 aromatic carbocycles. The number of hydrogen-bond donors (Lipinski definition) is 0. The van der Waals surface area contributed by atoms with Gasteiger partial charge < -0.3 is 14.7 Å². The van der Waals surface area contributed by atoms with E-state index in [2.05, 4.69) is 0 Å². The molecular formula is C27H6BN9O6. The van der Waals surface area contributed by atoms with Crippen molar-refractivity contribution in [1.29, 1.82) is 47.4 Å². The third kappa shape index (κ3) is 6.19. The van der Waals surface area contributed by atoms with Gasteiger partial charge in [0.15, 0.2) is 17.2 Å².